The first-order chi connectivity index (χ1) is 28.2. The number of aromatic nitrogens is 4. The molecule has 8 aromatic carbocycles. The number of furan rings is 2. The Labute approximate surface area is 325 Å². The van der Waals surface area contributed by atoms with Crippen molar-refractivity contribution in [3.63, 3.8) is 0 Å². The van der Waals surface area contributed by atoms with Crippen LogP contribution in [-0.2, 0) is 0 Å². The number of hydrogen-bond acceptors (Lipinski definition) is 5. The molecule has 12 rings (SSSR count). The maximum absolute atomic E-state index is 6.56. The summed E-state index contributed by atoms with van der Waals surface area (Å²) in [6.45, 7) is 0. The average Bonchev–Trinajstić information content (AvgIpc) is 3.96. The Morgan fingerprint density at radius 2 is 0.930 bits per heavy atom. The quantitative estimate of drug-likeness (QED) is 0.176. The molecular weight excluding hydrogens is 701 g/mol. The van der Waals surface area contributed by atoms with E-state index in [2.05, 4.69) is 114 Å². The van der Waals surface area contributed by atoms with E-state index in [9.17, 15) is 0 Å². The second-order valence-corrected chi connectivity index (χ2v) is 14.4. The lowest BCUT2D eigenvalue weighted by molar-refractivity contribution is 0.668. The molecule has 0 fully saturated rings. The van der Waals surface area contributed by atoms with E-state index in [4.69, 9.17) is 23.8 Å². The third-order valence-corrected chi connectivity index (χ3v) is 11.1. The van der Waals surface area contributed by atoms with Gasteiger partial charge in [-0.15, -0.1) is 0 Å². The predicted octanol–water partition coefficient (Wildman–Crippen LogP) is 13.4. The maximum atomic E-state index is 6.56. The van der Waals surface area contributed by atoms with Crippen LogP contribution in [0.4, 0.5) is 0 Å². The van der Waals surface area contributed by atoms with Gasteiger partial charge in [0.25, 0.3) is 0 Å². The van der Waals surface area contributed by atoms with Gasteiger partial charge in [0.05, 0.1) is 11.0 Å². The lowest BCUT2D eigenvalue weighted by Crippen LogP contribution is -2.00. The van der Waals surface area contributed by atoms with Crippen LogP contribution in [0.5, 0.6) is 0 Å². The first kappa shape index (κ1) is 31.5. The zero-order chi connectivity index (χ0) is 37.5. The Morgan fingerprint density at radius 1 is 0.351 bits per heavy atom. The SMILES string of the molecule is c1ccc(-c2nc(-c3ccc4oc5ccccc5c4c3)nc(-c3cccc4oc5ccc(-c6cccc7c8ccccc8n(-c8ccccc8)c67)cc5c34)n2)cc1. The van der Waals surface area contributed by atoms with Gasteiger partial charge in [-0.25, -0.2) is 15.0 Å². The monoisotopic (exact) mass is 730 g/mol. The fourth-order valence-corrected chi connectivity index (χ4v) is 8.48. The molecule has 0 aliphatic carbocycles. The van der Waals surface area contributed by atoms with Crippen molar-refractivity contribution in [3.8, 4) is 51.0 Å². The van der Waals surface area contributed by atoms with Crippen LogP contribution in [0.2, 0.25) is 0 Å². The van der Waals surface area contributed by atoms with Gasteiger partial charge >= 0.3 is 0 Å². The summed E-state index contributed by atoms with van der Waals surface area (Å²) >= 11 is 0. The fourth-order valence-electron chi connectivity index (χ4n) is 8.48. The topological polar surface area (TPSA) is 69.9 Å². The van der Waals surface area contributed by atoms with Crippen molar-refractivity contribution >= 4 is 65.7 Å². The smallest absolute Gasteiger partial charge is 0.164 e. The van der Waals surface area contributed by atoms with Crippen molar-refractivity contribution in [3.05, 3.63) is 182 Å². The zero-order valence-electron chi connectivity index (χ0n) is 30.4. The van der Waals surface area contributed by atoms with Gasteiger partial charge in [-0.05, 0) is 66.2 Å². The van der Waals surface area contributed by atoms with E-state index < -0.39 is 0 Å². The van der Waals surface area contributed by atoms with Gasteiger partial charge in [0.2, 0.25) is 0 Å². The van der Waals surface area contributed by atoms with Gasteiger partial charge in [0.1, 0.15) is 22.3 Å². The summed E-state index contributed by atoms with van der Waals surface area (Å²) in [4.78, 5) is 15.4. The molecule has 0 radical (unpaired) electrons. The molecule has 4 heterocycles. The van der Waals surface area contributed by atoms with Crippen molar-refractivity contribution in [2.75, 3.05) is 0 Å². The molecule has 0 aliphatic rings. The van der Waals surface area contributed by atoms with Crippen LogP contribution < -0.4 is 0 Å². The molecule has 12 aromatic rings. The van der Waals surface area contributed by atoms with Crippen LogP contribution in [0.15, 0.2) is 191 Å². The standard InChI is InChI=1S/C51H30N4O2/c1-3-13-31(14-4-1)49-52-50(33-26-28-44-40(30-33)37-18-8-10-23-43(37)56-44)54-51(53-49)39-21-12-24-46-47(39)41-29-32(25-27-45(41)57-46)35-19-11-20-38-36-17-7-9-22-42(36)55(48(35)38)34-15-5-2-6-16-34/h1-30H. The lowest BCUT2D eigenvalue weighted by atomic mass is 9.98. The largest absolute Gasteiger partial charge is 0.456 e. The van der Waals surface area contributed by atoms with Crippen molar-refractivity contribution < 1.29 is 8.83 Å². The maximum Gasteiger partial charge on any atom is 0.164 e. The summed E-state index contributed by atoms with van der Waals surface area (Å²) in [6.07, 6.45) is 0. The molecule has 6 heteroatoms. The summed E-state index contributed by atoms with van der Waals surface area (Å²) in [6, 6.07) is 62.7. The molecule has 266 valence electrons. The molecule has 4 aromatic heterocycles. The number of fused-ring (bicyclic) bond motifs is 9. The summed E-state index contributed by atoms with van der Waals surface area (Å²) in [5, 5.41) is 6.44. The Morgan fingerprint density at radius 3 is 1.79 bits per heavy atom. The average molecular weight is 731 g/mol. The number of hydrogen-bond donors (Lipinski definition) is 0. The van der Waals surface area contributed by atoms with Crippen LogP contribution in [0.3, 0.4) is 0 Å². The Kier molecular flexibility index (Phi) is 6.83. The summed E-state index contributed by atoms with van der Waals surface area (Å²) in [5.74, 6) is 1.75. The Hall–Kier alpha value is -7.83. The minimum atomic E-state index is 0.570. The van der Waals surface area contributed by atoms with Gasteiger partial charge < -0.3 is 13.4 Å². The molecule has 0 amide bonds. The summed E-state index contributed by atoms with van der Waals surface area (Å²) < 4.78 is 15.1. The highest BCUT2D eigenvalue weighted by molar-refractivity contribution is 6.16. The van der Waals surface area contributed by atoms with Crippen molar-refractivity contribution in [1.82, 2.24) is 19.5 Å². The highest BCUT2D eigenvalue weighted by Gasteiger charge is 2.21. The van der Waals surface area contributed by atoms with Gasteiger partial charge in [-0.3, -0.25) is 0 Å². The van der Waals surface area contributed by atoms with Crippen molar-refractivity contribution in [1.29, 1.82) is 0 Å². The molecule has 0 unspecified atom stereocenters. The first-order valence-corrected chi connectivity index (χ1v) is 19.0. The third-order valence-electron chi connectivity index (χ3n) is 11.1. The van der Waals surface area contributed by atoms with E-state index in [1.807, 2.05) is 72.8 Å². The molecule has 6 nitrogen and oxygen atoms in total. The Bertz CT molecular complexity index is 3530. The number of nitrogens with zero attached hydrogens (tertiary/aromatic N) is 4. The molecule has 0 aliphatic heterocycles. The van der Waals surface area contributed by atoms with Crippen LogP contribution >= 0.6 is 0 Å². The van der Waals surface area contributed by atoms with Gasteiger partial charge in [0, 0.05) is 60.3 Å². The normalized spacial score (nSPS) is 11.9. The fraction of sp³-hybridized carbons (Fsp3) is 0. The minimum absolute atomic E-state index is 0.570. The molecule has 0 saturated heterocycles. The van der Waals surface area contributed by atoms with Gasteiger partial charge in [-0.2, -0.15) is 0 Å². The Balaban J connectivity index is 1.08. The first-order valence-electron chi connectivity index (χ1n) is 19.0. The lowest BCUT2D eigenvalue weighted by Gasteiger charge is -2.12. The molecular formula is C51H30N4O2. The van der Waals surface area contributed by atoms with E-state index in [0.717, 1.165) is 82.9 Å². The number of para-hydroxylation sites is 4. The van der Waals surface area contributed by atoms with E-state index in [0.29, 0.717) is 17.5 Å². The van der Waals surface area contributed by atoms with Gasteiger partial charge in [0.15, 0.2) is 17.5 Å². The summed E-state index contributed by atoms with van der Waals surface area (Å²) in [5.41, 5.74) is 11.6. The van der Waals surface area contributed by atoms with E-state index in [-0.39, 0.29) is 0 Å². The van der Waals surface area contributed by atoms with Crippen LogP contribution in [0.25, 0.3) is 117 Å². The molecule has 0 atom stereocenters. The summed E-state index contributed by atoms with van der Waals surface area (Å²) in [7, 11) is 0. The predicted molar refractivity (Wildman–Crippen MR) is 230 cm³/mol. The van der Waals surface area contributed by atoms with E-state index in [1.165, 1.54) is 16.3 Å². The van der Waals surface area contributed by atoms with Gasteiger partial charge in [-0.1, -0.05) is 121 Å². The molecule has 0 saturated carbocycles. The highest BCUT2D eigenvalue weighted by Crippen LogP contribution is 2.42. The molecule has 57 heavy (non-hydrogen) atoms. The van der Waals surface area contributed by atoms with Crippen molar-refractivity contribution in [2.45, 2.75) is 0 Å². The van der Waals surface area contributed by atoms with Crippen LogP contribution in [0.1, 0.15) is 0 Å². The van der Waals surface area contributed by atoms with Crippen molar-refractivity contribution in [2.24, 2.45) is 0 Å². The number of benzene rings is 8. The zero-order valence-corrected chi connectivity index (χ0v) is 30.4. The molecule has 0 spiro atoms. The second-order valence-electron chi connectivity index (χ2n) is 14.4. The highest BCUT2D eigenvalue weighted by atomic mass is 16.3. The third kappa shape index (κ3) is 4.94. The van der Waals surface area contributed by atoms with Crippen LogP contribution in [-0.4, -0.2) is 19.5 Å². The minimum Gasteiger partial charge on any atom is -0.456 e. The van der Waals surface area contributed by atoms with E-state index >= 15 is 0 Å². The van der Waals surface area contributed by atoms with Crippen LogP contribution in [0, 0.1) is 0 Å². The second kappa shape index (κ2) is 12.3. The number of rotatable bonds is 5. The molecule has 0 bridgehead atoms. The van der Waals surface area contributed by atoms with E-state index in [1.54, 1.807) is 0 Å². The molecule has 0 N–H and O–H groups in total.